The van der Waals surface area contributed by atoms with Gasteiger partial charge in [-0.2, -0.15) is 0 Å². The van der Waals surface area contributed by atoms with Crippen LogP contribution in [0.2, 0.25) is 0 Å². The summed E-state index contributed by atoms with van der Waals surface area (Å²) in [5.41, 5.74) is 1.82. The number of cyclic esters (lactones) is 1. The van der Waals surface area contributed by atoms with Crippen LogP contribution in [0.25, 0.3) is 0 Å². The Hall–Kier alpha value is -3.76. The fourth-order valence-electron chi connectivity index (χ4n) is 3.83. The van der Waals surface area contributed by atoms with Gasteiger partial charge in [0.25, 0.3) is 5.91 Å². The number of ether oxygens (including phenoxy) is 1. The first kappa shape index (κ1) is 22.4. The zero-order chi connectivity index (χ0) is 23.5. The minimum Gasteiger partial charge on any atom is -0.442 e. The third-order valence-corrected chi connectivity index (χ3v) is 5.60. The second-order valence-electron chi connectivity index (χ2n) is 8.01. The number of carbonyl (C=O) groups excluding carboxylic acids is 3. The Kier molecular flexibility index (Phi) is 6.38. The molecule has 174 valence electrons. The molecule has 2 saturated heterocycles. The molecule has 0 bridgehead atoms. The number of benzene rings is 1. The Morgan fingerprint density at radius 1 is 1.18 bits per heavy atom. The minimum atomic E-state index is -0.580. The summed E-state index contributed by atoms with van der Waals surface area (Å²) in [6.07, 6.45) is 1.95. The van der Waals surface area contributed by atoms with Crippen LogP contribution in [0.1, 0.15) is 23.1 Å². The first-order chi connectivity index (χ1) is 15.8. The van der Waals surface area contributed by atoms with E-state index in [0.717, 1.165) is 5.69 Å². The summed E-state index contributed by atoms with van der Waals surface area (Å²) in [7, 11) is 0. The van der Waals surface area contributed by atoms with Gasteiger partial charge in [0, 0.05) is 39.3 Å². The molecule has 1 aromatic carbocycles. The Balaban J connectivity index is 1.37. The van der Waals surface area contributed by atoms with Gasteiger partial charge in [-0.05, 0) is 25.1 Å². The maximum absolute atomic E-state index is 14.9. The molecule has 0 spiro atoms. The first-order valence-electron chi connectivity index (χ1n) is 10.7. The molecule has 4 rings (SSSR count). The summed E-state index contributed by atoms with van der Waals surface area (Å²) in [5.74, 6) is -0.873. The molecule has 2 aliphatic heterocycles. The van der Waals surface area contributed by atoms with Crippen LogP contribution in [-0.4, -0.2) is 78.1 Å². The summed E-state index contributed by atoms with van der Waals surface area (Å²) >= 11 is 0. The van der Waals surface area contributed by atoms with Crippen molar-refractivity contribution in [2.45, 2.75) is 20.0 Å². The maximum Gasteiger partial charge on any atom is 0.414 e. The van der Waals surface area contributed by atoms with Crippen molar-refractivity contribution >= 4 is 29.3 Å². The van der Waals surface area contributed by atoms with Gasteiger partial charge in [-0.25, -0.2) is 14.2 Å². The molecule has 0 radical (unpaired) electrons. The van der Waals surface area contributed by atoms with E-state index in [0.29, 0.717) is 43.2 Å². The van der Waals surface area contributed by atoms with Crippen LogP contribution < -0.4 is 15.1 Å². The van der Waals surface area contributed by atoms with E-state index in [1.165, 1.54) is 24.1 Å². The van der Waals surface area contributed by atoms with Gasteiger partial charge in [0.1, 0.15) is 17.6 Å². The van der Waals surface area contributed by atoms with E-state index in [-0.39, 0.29) is 24.9 Å². The molecule has 2 fully saturated rings. The number of piperazine rings is 1. The molecule has 10 nitrogen and oxygen atoms in total. The van der Waals surface area contributed by atoms with E-state index in [1.807, 2.05) is 4.90 Å². The van der Waals surface area contributed by atoms with Gasteiger partial charge in [-0.1, -0.05) is 0 Å². The first-order valence-corrected chi connectivity index (χ1v) is 10.7. The highest BCUT2D eigenvalue weighted by Gasteiger charge is 2.33. The summed E-state index contributed by atoms with van der Waals surface area (Å²) in [4.78, 5) is 49.0. The van der Waals surface area contributed by atoms with E-state index in [4.69, 9.17) is 4.74 Å². The van der Waals surface area contributed by atoms with Crippen LogP contribution in [0.5, 0.6) is 0 Å². The molecule has 1 N–H and O–H groups in total. The molecule has 1 aromatic heterocycles. The molecule has 2 aliphatic rings. The van der Waals surface area contributed by atoms with E-state index < -0.39 is 18.0 Å². The van der Waals surface area contributed by atoms with Gasteiger partial charge in [-0.15, -0.1) is 0 Å². The number of amides is 3. The second kappa shape index (κ2) is 9.39. The van der Waals surface area contributed by atoms with Crippen LogP contribution in [0.4, 0.5) is 20.6 Å². The summed E-state index contributed by atoms with van der Waals surface area (Å²) in [6, 6.07) is 4.60. The highest BCUT2D eigenvalue weighted by Crippen LogP contribution is 2.28. The predicted octanol–water partition coefficient (Wildman–Crippen LogP) is 1.35. The van der Waals surface area contributed by atoms with Crippen molar-refractivity contribution in [2.75, 3.05) is 49.1 Å². The van der Waals surface area contributed by atoms with E-state index >= 15 is 0 Å². The molecule has 33 heavy (non-hydrogen) atoms. The quantitative estimate of drug-likeness (QED) is 0.724. The number of anilines is 2. The highest BCUT2D eigenvalue weighted by atomic mass is 19.1. The van der Waals surface area contributed by atoms with Crippen LogP contribution in [0.3, 0.4) is 0 Å². The third kappa shape index (κ3) is 5.02. The number of carbonyl (C=O) groups is 3. The normalized spacial score (nSPS) is 18.3. The van der Waals surface area contributed by atoms with Crippen LogP contribution in [0.15, 0.2) is 30.6 Å². The van der Waals surface area contributed by atoms with Crippen molar-refractivity contribution in [1.82, 2.24) is 20.2 Å². The van der Waals surface area contributed by atoms with E-state index in [2.05, 4.69) is 15.3 Å². The molecule has 0 aliphatic carbocycles. The number of halogens is 1. The Labute approximate surface area is 190 Å². The van der Waals surface area contributed by atoms with Crippen LogP contribution in [0, 0.1) is 12.7 Å². The van der Waals surface area contributed by atoms with Gasteiger partial charge in [0.2, 0.25) is 5.91 Å². The van der Waals surface area contributed by atoms with Crippen molar-refractivity contribution in [3.05, 3.63) is 47.8 Å². The predicted molar refractivity (Wildman–Crippen MR) is 118 cm³/mol. The molecule has 3 amide bonds. The van der Waals surface area contributed by atoms with Crippen molar-refractivity contribution in [1.29, 1.82) is 0 Å². The zero-order valence-electron chi connectivity index (χ0n) is 18.5. The summed E-state index contributed by atoms with van der Waals surface area (Å²) < 4.78 is 20.2. The largest absolute Gasteiger partial charge is 0.442 e. The standard InChI is InChI=1S/C22H25FN6O4/c1-14-10-26-19(12-24-14)21(31)28-7-5-27(6-8-28)20-4-3-16(9-18(20)23)29-13-17(33-22(29)32)11-25-15(2)30/h3-4,9-10,12,17H,5-8,11,13H2,1-2H3,(H,25,30)/t17-/m0/s1. The lowest BCUT2D eigenvalue weighted by Gasteiger charge is -2.36. The van der Waals surface area contributed by atoms with Gasteiger partial charge in [0.05, 0.1) is 36.4 Å². The highest BCUT2D eigenvalue weighted by molar-refractivity contribution is 5.92. The monoisotopic (exact) mass is 456 g/mol. The van der Waals surface area contributed by atoms with E-state index in [9.17, 15) is 18.8 Å². The molecule has 2 aromatic rings. The molecule has 1 atom stereocenters. The third-order valence-electron chi connectivity index (χ3n) is 5.60. The average molecular weight is 456 g/mol. The number of hydrogen-bond donors (Lipinski definition) is 1. The Bertz CT molecular complexity index is 1060. The molecule has 3 heterocycles. The average Bonchev–Trinajstić information content (AvgIpc) is 3.18. The molecular weight excluding hydrogens is 431 g/mol. The minimum absolute atomic E-state index is 0.195. The van der Waals surface area contributed by atoms with E-state index in [1.54, 1.807) is 30.2 Å². The number of nitrogens with one attached hydrogen (secondary N) is 1. The zero-order valence-corrected chi connectivity index (χ0v) is 18.5. The summed E-state index contributed by atoms with van der Waals surface area (Å²) in [5, 5.41) is 2.61. The van der Waals surface area contributed by atoms with Gasteiger partial charge >= 0.3 is 6.09 Å². The van der Waals surface area contributed by atoms with Crippen molar-refractivity contribution < 1.29 is 23.5 Å². The smallest absolute Gasteiger partial charge is 0.414 e. The maximum atomic E-state index is 14.9. The number of aromatic nitrogens is 2. The SMILES string of the molecule is CC(=O)NC[C@H]1CN(c2ccc(N3CCN(C(=O)c4cnc(C)cn4)CC3)c(F)c2)C(=O)O1. The Morgan fingerprint density at radius 3 is 2.58 bits per heavy atom. The second-order valence-corrected chi connectivity index (χ2v) is 8.01. The number of aryl methyl sites for hydroxylation is 1. The molecule has 0 saturated carbocycles. The lowest BCUT2D eigenvalue weighted by Crippen LogP contribution is -2.49. The van der Waals surface area contributed by atoms with Gasteiger partial charge < -0.3 is 19.9 Å². The number of nitrogens with zero attached hydrogens (tertiary/aromatic N) is 5. The van der Waals surface area contributed by atoms with Crippen molar-refractivity contribution in [2.24, 2.45) is 0 Å². The van der Waals surface area contributed by atoms with Crippen molar-refractivity contribution in [3.63, 3.8) is 0 Å². The summed E-state index contributed by atoms with van der Waals surface area (Å²) in [6.45, 7) is 5.40. The van der Waals surface area contributed by atoms with Gasteiger partial charge in [-0.3, -0.25) is 19.5 Å². The van der Waals surface area contributed by atoms with Gasteiger partial charge in [0.15, 0.2) is 0 Å². The van der Waals surface area contributed by atoms with Crippen molar-refractivity contribution in [3.8, 4) is 0 Å². The lowest BCUT2D eigenvalue weighted by molar-refractivity contribution is -0.119. The van der Waals surface area contributed by atoms with Crippen LogP contribution >= 0.6 is 0 Å². The number of hydrogen-bond acceptors (Lipinski definition) is 7. The fourth-order valence-corrected chi connectivity index (χ4v) is 3.83. The van der Waals surface area contributed by atoms with Crippen LogP contribution in [-0.2, 0) is 9.53 Å². The molecular formula is C22H25FN6O4. The Morgan fingerprint density at radius 2 is 1.94 bits per heavy atom. The molecule has 0 unspecified atom stereocenters. The lowest BCUT2D eigenvalue weighted by atomic mass is 10.2. The number of rotatable bonds is 5. The molecule has 11 heteroatoms. The topological polar surface area (TPSA) is 108 Å². The fraction of sp³-hybridized carbons (Fsp3) is 0.409.